The lowest BCUT2D eigenvalue weighted by molar-refractivity contribution is 0.327. The van der Waals surface area contributed by atoms with E-state index in [1.807, 2.05) is 37.3 Å². The van der Waals surface area contributed by atoms with Crippen molar-refractivity contribution < 1.29 is 9.47 Å². The zero-order valence-corrected chi connectivity index (χ0v) is 11.9. The van der Waals surface area contributed by atoms with E-state index in [0.29, 0.717) is 12.5 Å². The summed E-state index contributed by atoms with van der Waals surface area (Å²) in [6.07, 6.45) is 0.935. The van der Waals surface area contributed by atoms with E-state index >= 15 is 0 Å². The highest BCUT2D eigenvalue weighted by Gasteiger charge is 1.98. The summed E-state index contributed by atoms with van der Waals surface area (Å²) in [5.41, 5.74) is 1.26. The number of nitrogens with one attached hydrogen (secondary N) is 1. The van der Waals surface area contributed by atoms with Crippen LogP contribution in [0.4, 0.5) is 5.82 Å². The number of methoxy groups -OCH3 is 1. The van der Waals surface area contributed by atoms with E-state index in [0.717, 1.165) is 24.5 Å². The largest absolute Gasteiger partial charge is 0.497 e. The lowest BCUT2D eigenvalue weighted by atomic mass is 10.1. The molecule has 0 fully saturated rings. The summed E-state index contributed by atoms with van der Waals surface area (Å²) in [4.78, 5) is 4.37. The zero-order valence-electron chi connectivity index (χ0n) is 11.9. The van der Waals surface area contributed by atoms with Crippen LogP contribution in [0.5, 0.6) is 11.6 Å². The monoisotopic (exact) mass is 272 g/mol. The Kier molecular flexibility index (Phi) is 5.24. The van der Waals surface area contributed by atoms with Gasteiger partial charge in [0.05, 0.1) is 13.7 Å². The lowest BCUT2D eigenvalue weighted by Crippen LogP contribution is -2.07. The van der Waals surface area contributed by atoms with Crippen molar-refractivity contribution in [1.82, 2.24) is 4.98 Å². The standard InChI is InChI=1S/C16H20N2O2/c1-3-20-16-6-4-5-15(18-16)17-12-11-13-7-9-14(19-2)10-8-13/h4-10H,3,11-12H2,1-2H3,(H,17,18). The van der Waals surface area contributed by atoms with Crippen molar-refractivity contribution in [2.24, 2.45) is 0 Å². The first kappa shape index (κ1) is 14.2. The van der Waals surface area contributed by atoms with Crippen LogP contribution in [0.25, 0.3) is 0 Å². The molecule has 0 aliphatic carbocycles. The maximum Gasteiger partial charge on any atom is 0.215 e. The van der Waals surface area contributed by atoms with Gasteiger partial charge in [0, 0.05) is 12.6 Å². The van der Waals surface area contributed by atoms with Gasteiger partial charge < -0.3 is 14.8 Å². The summed E-state index contributed by atoms with van der Waals surface area (Å²) in [7, 11) is 1.67. The third-order valence-corrected chi connectivity index (χ3v) is 2.89. The van der Waals surface area contributed by atoms with Crippen LogP contribution in [0.2, 0.25) is 0 Å². The van der Waals surface area contributed by atoms with Gasteiger partial charge in [0.15, 0.2) is 0 Å². The van der Waals surface area contributed by atoms with E-state index in [2.05, 4.69) is 22.4 Å². The molecular weight excluding hydrogens is 252 g/mol. The molecule has 0 spiro atoms. The Balaban J connectivity index is 1.84. The van der Waals surface area contributed by atoms with Crippen molar-refractivity contribution in [3.8, 4) is 11.6 Å². The van der Waals surface area contributed by atoms with Crippen molar-refractivity contribution >= 4 is 5.82 Å². The maximum absolute atomic E-state index is 5.37. The molecule has 0 radical (unpaired) electrons. The smallest absolute Gasteiger partial charge is 0.215 e. The lowest BCUT2D eigenvalue weighted by Gasteiger charge is -2.08. The second-order valence-corrected chi connectivity index (χ2v) is 4.32. The molecule has 2 aromatic rings. The average Bonchev–Trinajstić information content (AvgIpc) is 2.49. The number of benzene rings is 1. The highest BCUT2D eigenvalue weighted by atomic mass is 16.5. The van der Waals surface area contributed by atoms with Crippen LogP contribution in [0, 0.1) is 0 Å². The minimum absolute atomic E-state index is 0.627. The number of hydrogen-bond acceptors (Lipinski definition) is 4. The maximum atomic E-state index is 5.37. The summed E-state index contributed by atoms with van der Waals surface area (Å²) < 4.78 is 10.5. The van der Waals surface area contributed by atoms with Crippen LogP contribution in [0.3, 0.4) is 0 Å². The summed E-state index contributed by atoms with van der Waals surface area (Å²) in [6, 6.07) is 13.8. The highest BCUT2D eigenvalue weighted by Crippen LogP contribution is 2.13. The Morgan fingerprint density at radius 1 is 1.10 bits per heavy atom. The predicted octanol–water partition coefficient (Wildman–Crippen LogP) is 3.14. The SMILES string of the molecule is CCOc1cccc(NCCc2ccc(OC)cc2)n1. The van der Waals surface area contributed by atoms with Gasteiger partial charge in [-0.2, -0.15) is 4.98 Å². The van der Waals surface area contributed by atoms with Crippen LogP contribution >= 0.6 is 0 Å². The van der Waals surface area contributed by atoms with E-state index in [-0.39, 0.29) is 0 Å². The minimum Gasteiger partial charge on any atom is -0.497 e. The van der Waals surface area contributed by atoms with Crippen molar-refractivity contribution in [3.63, 3.8) is 0 Å². The molecular formula is C16H20N2O2. The summed E-state index contributed by atoms with van der Waals surface area (Å²) in [5.74, 6) is 2.37. The predicted molar refractivity (Wildman–Crippen MR) is 80.6 cm³/mol. The molecule has 0 amide bonds. The third-order valence-electron chi connectivity index (χ3n) is 2.89. The molecule has 106 valence electrons. The number of anilines is 1. The Morgan fingerprint density at radius 3 is 2.60 bits per heavy atom. The second kappa shape index (κ2) is 7.38. The molecule has 1 aromatic heterocycles. The first-order chi connectivity index (χ1) is 9.81. The second-order valence-electron chi connectivity index (χ2n) is 4.32. The summed E-state index contributed by atoms with van der Waals surface area (Å²) in [5, 5.41) is 3.30. The van der Waals surface area contributed by atoms with Crippen LogP contribution in [0.1, 0.15) is 12.5 Å². The molecule has 20 heavy (non-hydrogen) atoms. The van der Waals surface area contributed by atoms with Crippen molar-refractivity contribution in [1.29, 1.82) is 0 Å². The molecule has 4 heteroatoms. The first-order valence-electron chi connectivity index (χ1n) is 6.78. The molecule has 0 saturated carbocycles. The van der Waals surface area contributed by atoms with Crippen molar-refractivity contribution in [2.45, 2.75) is 13.3 Å². The molecule has 4 nitrogen and oxygen atoms in total. The van der Waals surface area contributed by atoms with E-state index in [4.69, 9.17) is 9.47 Å². The fourth-order valence-corrected chi connectivity index (χ4v) is 1.87. The summed E-state index contributed by atoms with van der Waals surface area (Å²) >= 11 is 0. The molecule has 0 aliphatic heterocycles. The minimum atomic E-state index is 0.627. The molecule has 0 bridgehead atoms. The van der Waals surface area contributed by atoms with Crippen LogP contribution in [-0.2, 0) is 6.42 Å². The number of ether oxygens (including phenoxy) is 2. The van der Waals surface area contributed by atoms with E-state index in [1.165, 1.54) is 5.56 Å². The van der Waals surface area contributed by atoms with Crippen molar-refractivity contribution in [3.05, 3.63) is 48.0 Å². The van der Waals surface area contributed by atoms with Gasteiger partial charge in [-0.15, -0.1) is 0 Å². The molecule has 0 atom stereocenters. The van der Waals surface area contributed by atoms with Gasteiger partial charge in [0.2, 0.25) is 5.88 Å². The van der Waals surface area contributed by atoms with Crippen molar-refractivity contribution in [2.75, 3.05) is 25.6 Å². The Bertz CT molecular complexity index is 526. The zero-order chi connectivity index (χ0) is 14.2. The molecule has 0 aliphatic rings. The molecule has 0 unspecified atom stereocenters. The van der Waals surface area contributed by atoms with Gasteiger partial charge in [-0.05, 0) is 37.1 Å². The average molecular weight is 272 g/mol. The van der Waals surface area contributed by atoms with Crippen LogP contribution < -0.4 is 14.8 Å². The molecule has 2 rings (SSSR count). The molecule has 1 N–H and O–H groups in total. The number of rotatable bonds is 7. The molecule has 1 aromatic carbocycles. The summed E-state index contributed by atoms with van der Waals surface area (Å²) in [6.45, 7) is 3.41. The Morgan fingerprint density at radius 2 is 1.90 bits per heavy atom. The Labute approximate surface area is 119 Å². The fraction of sp³-hybridized carbons (Fsp3) is 0.312. The van der Waals surface area contributed by atoms with Gasteiger partial charge in [0.1, 0.15) is 11.6 Å². The Hall–Kier alpha value is -2.23. The third kappa shape index (κ3) is 4.16. The van der Waals surface area contributed by atoms with Gasteiger partial charge in [-0.1, -0.05) is 18.2 Å². The normalized spacial score (nSPS) is 10.1. The van der Waals surface area contributed by atoms with Gasteiger partial charge >= 0.3 is 0 Å². The van der Waals surface area contributed by atoms with E-state index in [9.17, 15) is 0 Å². The molecule has 0 saturated heterocycles. The van der Waals surface area contributed by atoms with Crippen LogP contribution in [-0.4, -0.2) is 25.2 Å². The quantitative estimate of drug-likeness (QED) is 0.841. The van der Waals surface area contributed by atoms with Crippen LogP contribution in [0.15, 0.2) is 42.5 Å². The topological polar surface area (TPSA) is 43.4 Å². The number of pyridine rings is 1. The fourth-order valence-electron chi connectivity index (χ4n) is 1.87. The van der Waals surface area contributed by atoms with E-state index < -0.39 is 0 Å². The number of aromatic nitrogens is 1. The first-order valence-corrected chi connectivity index (χ1v) is 6.78. The number of nitrogens with zero attached hydrogens (tertiary/aromatic N) is 1. The van der Waals surface area contributed by atoms with E-state index in [1.54, 1.807) is 7.11 Å². The highest BCUT2D eigenvalue weighted by molar-refractivity contribution is 5.37. The van der Waals surface area contributed by atoms with Gasteiger partial charge in [0.25, 0.3) is 0 Å². The van der Waals surface area contributed by atoms with Gasteiger partial charge in [-0.3, -0.25) is 0 Å². The van der Waals surface area contributed by atoms with Gasteiger partial charge in [-0.25, -0.2) is 0 Å². The molecule has 1 heterocycles. The number of hydrogen-bond donors (Lipinski definition) is 1.